The minimum atomic E-state index is -0.467. The third-order valence-corrected chi connectivity index (χ3v) is 7.44. The summed E-state index contributed by atoms with van der Waals surface area (Å²) in [6.45, 7) is 8.33. The first-order chi connectivity index (χ1) is 16.2. The van der Waals surface area contributed by atoms with Gasteiger partial charge in [-0.15, -0.1) is 0 Å². The Hall–Kier alpha value is -2.71. The smallest absolute Gasteiger partial charge is 0.233 e. The van der Waals surface area contributed by atoms with Crippen LogP contribution in [-0.4, -0.2) is 98.3 Å². The second kappa shape index (κ2) is 9.65. The minimum Gasteiger partial charge on any atom is -0.381 e. The molecule has 0 aliphatic carbocycles. The van der Waals surface area contributed by atoms with Crippen molar-refractivity contribution in [1.82, 2.24) is 19.8 Å². The number of nitrogens with zero attached hydrogens (tertiary/aromatic N) is 6. The maximum absolute atomic E-state index is 13.8. The van der Waals surface area contributed by atoms with Crippen molar-refractivity contribution in [2.75, 3.05) is 82.4 Å². The Labute approximate surface area is 196 Å². The Morgan fingerprint density at radius 2 is 1.42 bits per heavy atom. The van der Waals surface area contributed by atoms with Crippen LogP contribution in [0.3, 0.4) is 0 Å². The predicted molar refractivity (Wildman–Crippen MR) is 129 cm³/mol. The molecule has 3 fully saturated rings. The molecular weight excluding hydrogens is 416 g/mol. The molecule has 0 atom stereocenters. The second-order valence-corrected chi connectivity index (χ2v) is 9.36. The van der Waals surface area contributed by atoms with E-state index in [9.17, 15) is 4.79 Å². The molecule has 0 radical (unpaired) electrons. The number of carbonyl (C=O) groups is 1. The average Bonchev–Trinajstić information content (AvgIpc) is 2.90. The largest absolute Gasteiger partial charge is 0.381 e. The molecule has 2 aromatic rings. The first-order valence-corrected chi connectivity index (χ1v) is 12.1. The van der Waals surface area contributed by atoms with E-state index in [0.29, 0.717) is 26.3 Å². The molecule has 4 heterocycles. The molecule has 8 heteroatoms. The number of piperazine rings is 2. The maximum atomic E-state index is 13.8. The van der Waals surface area contributed by atoms with Gasteiger partial charge in [0.15, 0.2) is 0 Å². The minimum absolute atomic E-state index is 0.248. The topological polar surface area (TPSA) is 65.0 Å². The van der Waals surface area contributed by atoms with E-state index in [1.165, 1.54) is 0 Å². The number of amides is 1. The van der Waals surface area contributed by atoms with Crippen LogP contribution in [0.1, 0.15) is 18.4 Å². The molecule has 0 spiro atoms. The summed E-state index contributed by atoms with van der Waals surface area (Å²) in [6.07, 6.45) is 3.17. The number of likely N-dealkylation sites (N-methyl/N-ethyl adjacent to an activating group) is 1. The van der Waals surface area contributed by atoms with Gasteiger partial charge >= 0.3 is 0 Å². The van der Waals surface area contributed by atoms with Gasteiger partial charge < -0.3 is 24.3 Å². The van der Waals surface area contributed by atoms with Crippen molar-refractivity contribution < 1.29 is 9.53 Å². The zero-order valence-electron chi connectivity index (χ0n) is 19.5. The molecule has 8 nitrogen and oxygen atoms in total. The van der Waals surface area contributed by atoms with Crippen molar-refractivity contribution >= 4 is 17.5 Å². The van der Waals surface area contributed by atoms with E-state index < -0.39 is 5.41 Å². The molecule has 33 heavy (non-hydrogen) atoms. The van der Waals surface area contributed by atoms with Gasteiger partial charge in [0.2, 0.25) is 5.91 Å². The Morgan fingerprint density at radius 3 is 2.03 bits per heavy atom. The highest BCUT2D eigenvalue weighted by Gasteiger charge is 2.44. The number of aromatic nitrogens is 2. The molecule has 1 aromatic carbocycles. The summed E-state index contributed by atoms with van der Waals surface area (Å²) in [5.41, 5.74) is 0.652. The van der Waals surface area contributed by atoms with Gasteiger partial charge in [0.05, 0.1) is 5.41 Å². The highest BCUT2D eigenvalue weighted by atomic mass is 16.5. The normalized spacial score (nSPS) is 21.8. The summed E-state index contributed by atoms with van der Waals surface area (Å²) in [4.78, 5) is 31.9. The Bertz CT molecular complexity index is 933. The van der Waals surface area contributed by atoms with E-state index in [0.717, 1.165) is 69.3 Å². The molecule has 0 bridgehead atoms. The van der Waals surface area contributed by atoms with Crippen LogP contribution >= 0.6 is 0 Å². The number of benzene rings is 1. The first-order valence-electron chi connectivity index (χ1n) is 12.1. The highest BCUT2D eigenvalue weighted by Crippen LogP contribution is 2.37. The van der Waals surface area contributed by atoms with Gasteiger partial charge in [-0.1, -0.05) is 30.3 Å². The van der Waals surface area contributed by atoms with Crippen molar-refractivity contribution in [2.24, 2.45) is 0 Å². The van der Waals surface area contributed by atoms with Crippen molar-refractivity contribution in [3.63, 3.8) is 0 Å². The van der Waals surface area contributed by atoms with Crippen LogP contribution in [0.25, 0.3) is 0 Å². The number of rotatable bonds is 4. The lowest BCUT2D eigenvalue weighted by Crippen LogP contribution is -2.56. The fourth-order valence-corrected chi connectivity index (χ4v) is 5.26. The van der Waals surface area contributed by atoms with Crippen molar-refractivity contribution in [3.05, 3.63) is 48.3 Å². The van der Waals surface area contributed by atoms with Crippen LogP contribution in [0.2, 0.25) is 0 Å². The van der Waals surface area contributed by atoms with Crippen molar-refractivity contribution in [3.8, 4) is 0 Å². The Balaban J connectivity index is 1.26. The number of hydrogen-bond acceptors (Lipinski definition) is 7. The van der Waals surface area contributed by atoms with Gasteiger partial charge in [0, 0.05) is 71.6 Å². The lowest BCUT2D eigenvalue weighted by molar-refractivity contribution is -0.141. The highest BCUT2D eigenvalue weighted by molar-refractivity contribution is 5.88. The number of hydrogen-bond donors (Lipinski definition) is 0. The molecule has 176 valence electrons. The molecule has 0 unspecified atom stereocenters. The SMILES string of the molecule is CN1CCN(c2cc(N3CCN(C(=O)C4(c5ccccc5)CCOCC4)CC3)ncn2)CC1. The lowest BCUT2D eigenvalue weighted by Gasteiger charge is -2.43. The fourth-order valence-electron chi connectivity index (χ4n) is 5.26. The fraction of sp³-hybridized carbons (Fsp3) is 0.560. The van der Waals surface area contributed by atoms with Crippen LogP contribution in [0, 0.1) is 0 Å². The summed E-state index contributed by atoms with van der Waals surface area (Å²) < 4.78 is 5.63. The molecule has 1 aromatic heterocycles. The zero-order valence-corrected chi connectivity index (χ0v) is 19.5. The molecular formula is C25H34N6O2. The van der Waals surface area contributed by atoms with Crippen LogP contribution < -0.4 is 9.80 Å². The number of ether oxygens (including phenoxy) is 1. The maximum Gasteiger partial charge on any atom is 0.233 e. The van der Waals surface area contributed by atoms with E-state index in [4.69, 9.17) is 4.74 Å². The van der Waals surface area contributed by atoms with Gasteiger partial charge in [-0.3, -0.25) is 4.79 Å². The molecule has 0 saturated carbocycles. The summed E-state index contributed by atoms with van der Waals surface area (Å²) in [6, 6.07) is 12.4. The summed E-state index contributed by atoms with van der Waals surface area (Å²) in [5.74, 6) is 2.20. The number of anilines is 2. The van der Waals surface area contributed by atoms with E-state index >= 15 is 0 Å². The van der Waals surface area contributed by atoms with Crippen LogP contribution in [0.5, 0.6) is 0 Å². The van der Waals surface area contributed by atoms with Gasteiger partial charge in [0.1, 0.15) is 18.0 Å². The summed E-state index contributed by atoms with van der Waals surface area (Å²) in [7, 11) is 2.16. The zero-order chi connectivity index (χ0) is 22.7. The molecule has 5 rings (SSSR count). The summed E-state index contributed by atoms with van der Waals surface area (Å²) in [5, 5.41) is 0. The van der Waals surface area contributed by atoms with E-state index in [-0.39, 0.29) is 5.91 Å². The van der Waals surface area contributed by atoms with Crippen molar-refractivity contribution in [2.45, 2.75) is 18.3 Å². The molecule has 0 N–H and O–H groups in total. The van der Waals surface area contributed by atoms with Crippen LogP contribution in [0.15, 0.2) is 42.7 Å². The van der Waals surface area contributed by atoms with E-state index in [1.807, 2.05) is 18.2 Å². The first kappa shape index (κ1) is 22.1. The standard InChI is InChI=1S/C25H34N6O2/c1-28-9-11-29(12-10-28)22-19-23(27-20-26-22)30-13-15-31(16-14-30)24(32)25(7-17-33-18-8-25)21-5-3-2-4-6-21/h2-6,19-20H,7-18H2,1H3. The summed E-state index contributed by atoms with van der Waals surface area (Å²) >= 11 is 0. The van der Waals surface area contributed by atoms with Crippen molar-refractivity contribution in [1.29, 1.82) is 0 Å². The van der Waals surface area contributed by atoms with E-state index in [2.05, 4.69) is 54.8 Å². The van der Waals surface area contributed by atoms with Gasteiger partial charge in [-0.2, -0.15) is 0 Å². The molecule has 3 aliphatic heterocycles. The van der Waals surface area contributed by atoms with Gasteiger partial charge in [0.25, 0.3) is 0 Å². The Morgan fingerprint density at radius 1 is 0.848 bits per heavy atom. The quantitative estimate of drug-likeness (QED) is 0.701. The second-order valence-electron chi connectivity index (χ2n) is 9.36. The Kier molecular flexibility index (Phi) is 6.46. The molecule has 3 saturated heterocycles. The van der Waals surface area contributed by atoms with Crippen LogP contribution in [0.4, 0.5) is 11.6 Å². The third-order valence-electron chi connectivity index (χ3n) is 7.44. The van der Waals surface area contributed by atoms with Crippen LogP contribution in [-0.2, 0) is 14.9 Å². The average molecular weight is 451 g/mol. The predicted octanol–water partition coefficient (Wildman–Crippen LogP) is 1.63. The van der Waals surface area contributed by atoms with E-state index in [1.54, 1.807) is 6.33 Å². The van der Waals surface area contributed by atoms with Gasteiger partial charge in [-0.05, 0) is 25.5 Å². The van der Waals surface area contributed by atoms with Gasteiger partial charge in [-0.25, -0.2) is 9.97 Å². The lowest BCUT2D eigenvalue weighted by atomic mass is 9.73. The molecule has 1 amide bonds. The third kappa shape index (κ3) is 4.54. The monoisotopic (exact) mass is 450 g/mol. The number of carbonyl (C=O) groups excluding carboxylic acids is 1. The molecule has 3 aliphatic rings.